The number of aryl methyl sites for hydroxylation is 1. The average Bonchev–Trinajstić information content (AvgIpc) is 2.69. The third kappa shape index (κ3) is 4.80. The zero-order chi connectivity index (χ0) is 21.6. The lowest BCUT2D eigenvalue weighted by molar-refractivity contribution is -0.121. The predicted molar refractivity (Wildman–Crippen MR) is 104 cm³/mol. The number of carbonyl (C=O) groups excluding carboxylic acids is 1. The van der Waals surface area contributed by atoms with Gasteiger partial charge in [-0.2, -0.15) is 0 Å². The normalized spacial score (nSPS) is 11.6. The van der Waals surface area contributed by atoms with Gasteiger partial charge in [0.05, 0.1) is 33.5 Å². The van der Waals surface area contributed by atoms with Gasteiger partial charge in [0.15, 0.2) is 11.5 Å². The number of aromatic hydroxyl groups is 1. The van der Waals surface area contributed by atoms with E-state index in [1.54, 1.807) is 12.1 Å². The van der Waals surface area contributed by atoms with Crippen molar-refractivity contribution in [2.24, 2.45) is 0 Å². The van der Waals surface area contributed by atoms with E-state index < -0.39 is 17.5 Å². The van der Waals surface area contributed by atoms with Crippen LogP contribution >= 0.6 is 0 Å². The van der Waals surface area contributed by atoms with Crippen LogP contribution in [0.3, 0.4) is 0 Å². The topological polar surface area (TPSA) is 127 Å². The highest BCUT2D eigenvalue weighted by molar-refractivity contribution is 5.78. The van der Waals surface area contributed by atoms with Gasteiger partial charge in [-0.3, -0.25) is 4.79 Å². The lowest BCUT2D eigenvalue weighted by Gasteiger charge is -2.22. The summed E-state index contributed by atoms with van der Waals surface area (Å²) in [6, 6.07) is 4.55. The zero-order valence-electron chi connectivity index (χ0n) is 16.8. The fraction of sp³-hybridized carbons (Fsp3) is 0.400. The zero-order valence-corrected chi connectivity index (χ0v) is 16.8. The van der Waals surface area contributed by atoms with Crippen molar-refractivity contribution in [3.05, 3.63) is 45.5 Å². The number of methoxy groups -OCH3 is 3. The SMILES string of the molecule is COc1ccc(C(CC(=O)NCCO)c2c(O)cc(C)oc2=O)c(OC)c1OC. The monoisotopic (exact) mass is 407 g/mol. The molecule has 1 unspecified atom stereocenters. The Morgan fingerprint density at radius 1 is 1.17 bits per heavy atom. The Balaban J connectivity index is 2.69. The van der Waals surface area contributed by atoms with Crippen molar-refractivity contribution in [3.63, 3.8) is 0 Å². The second kappa shape index (κ2) is 9.83. The van der Waals surface area contributed by atoms with Crippen LogP contribution in [0.4, 0.5) is 0 Å². The first-order chi connectivity index (χ1) is 13.9. The van der Waals surface area contributed by atoms with Crippen molar-refractivity contribution in [3.8, 4) is 23.0 Å². The van der Waals surface area contributed by atoms with Crippen LogP contribution in [0, 0.1) is 6.92 Å². The number of rotatable bonds is 9. The molecule has 1 amide bonds. The molecule has 1 heterocycles. The first kappa shape index (κ1) is 22.1. The van der Waals surface area contributed by atoms with Crippen LogP contribution in [-0.2, 0) is 4.79 Å². The van der Waals surface area contributed by atoms with E-state index in [-0.39, 0.29) is 48.1 Å². The van der Waals surface area contributed by atoms with Crippen LogP contribution in [0.25, 0.3) is 0 Å². The standard InChI is InChI=1S/C20H25NO8/c1-11-9-14(23)17(20(25)29-11)13(10-16(24)21-7-8-22)12-5-6-15(26-2)19(28-4)18(12)27-3/h5-6,9,13,22-23H,7-8,10H2,1-4H3,(H,21,24). The molecule has 9 nitrogen and oxygen atoms in total. The molecule has 0 aliphatic heterocycles. The maximum absolute atomic E-state index is 12.6. The van der Waals surface area contributed by atoms with E-state index in [1.165, 1.54) is 34.3 Å². The van der Waals surface area contributed by atoms with Gasteiger partial charge in [-0.15, -0.1) is 0 Å². The lowest BCUT2D eigenvalue weighted by Crippen LogP contribution is -2.29. The van der Waals surface area contributed by atoms with Crippen molar-refractivity contribution in [2.75, 3.05) is 34.5 Å². The molecule has 9 heteroatoms. The molecule has 0 saturated heterocycles. The molecule has 0 aliphatic rings. The molecule has 1 atom stereocenters. The Morgan fingerprint density at radius 2 is 1.86 bits per heavy atom. The van der Waals surface area contributed by atoms with Crippen molar-refractivity contribution in [1.82, 2.24) is 5.32 Å². The van der Waals surface area contributed by atoms with Crippen molar-refractivity contribution >= 4 is 5.91 Å². The van der Waals surface area contributed by atoms with E-state index >= 15 is 0 Å². The van der Waals surface area contributed by atoms with Gasteiger partial charge in [0, 0.05) is 30.5 Å². The van der Waals surface area contributed by atoms with Crippen LogP contribution in [0.15, 0.2) is 27.4 Å². The molecule has 1 aromatic carbocycles. The highest BCUT2D eigenvalue weighted by Crippen LogP contribution is 2.45. The second-order valence-electron chi connectivity index (χ2n) is 6.20. The number of aliphatic hydroxyl groups excluding tert-OH is 1. The molecular weight excluding hydrogens is 382 g/mol. The average molecular weight is 407 g/mol. The maximum atomic E-state index is 12.6. The highest BCUT2D eigenvalue weighted by Gasteiger charge is 2.30. The number of hydrogen-bond donors (Lipinski definition) is 3. The lowest BCUT2D eigenvalue weighted by atomic mass is 9.87. The van der Waals surface area contributed by atoms with Crippen LogP contribution in [0.2, 0.25) is 0 Å². The number of amides is 1. The molecule has 0 aliphatic carbocycles. The van der Waals surface area contributed by atoms with E-state index in [0.717, 1.165) is 0 Å². The van der Waals surface area contributed by atoms with Crippen molar-refractivity contribution in [2.45, 2.75) is 19.3 Å². The van der Waals surface area contributed by atoms with Gasteiger partial charge in [0.2, 0.25) is 11.7 Å². The van der Waals surface area contributed by atoms with Gasteiger partial charge >= 0.3 is 5.63 Å². The van der Waals surface area contributed by atoms with E-state index in [0.29, 0.717) is 11.3 Å². The Kier molecular flexibility index (Phi) is 7.49. The summed E-state index contributed by atoms with van der Waals surface area (Å²) in [6.07, 6.45) is -0.201. The number of hydrogen-bond acceptors (Lipinski definition) is 8. The molecule has 0 fully saturated rings. The summed E-state index contributed by atoms with van der Waals surface area (Å²) in [6.45, 7) is 1.36. The third-order valence-electron chi connectivity index (χ3n) is 4.37. The number of carbonyl (C=O) groups is 1. The molecule has 3 N–H and O–H groups in total. The minimum Gasteiger partial charge on any atom is -0.507 e. The van der Waals surface area contributed by atoms with Crippen LogP contribution in [0.5, 0.6) is 23.0 Å². The fourth-order valence-corrected chi connectivity index (χ4v) is 3.15. The summed E-state index contributed by atoms with van der Waals surface area (Å²) in [5, 5.41) is 21.9. The van der Waals surface area contributed by atoms with E-state index in [2.05, 4.69) is 5.32 Å². The van der Waals surface area contributed by atoms with Crippen LogP contribution in [0.1, 0.15) is 29.2 Å². The molecule has 1 aromatic heterocycles. The molecule has 29 heavy (non-hydrogen) atoms. The van der Waals surface area contributed by atoms with Gasteiger partial charge < -0.3 is 34.2 Å². The highest BCUT2D eigenvalue weighted by atomic mass is 16.5. The van der Waals surface area contributed by atoms with Crippen molar-refractivity contribution < 1.29 is 33.6 Å². The molecule has 0 spiro atoms. The number of nitrogens with one attached hydrogen (secondary N) is 1. The summed E-state index contributed by atoms with van der Waals surface area (Å²) in [7, 11) is 4.32. The molecular formula is C20H25NO8. The summed E-state index contributed by atoms with van der Waals surface area (Å²) in [5.74, 6) is -0.456. The summed E-state index contributed by atoms with van der Waals surface area (Å²) < 4.78 is 21.3. The minimum absolute atomic E-state index is 0.0586. The molecule has 2 aromatic rings. The molecule has 0 bridgehead atoms. The fourth-order valence-electron chi connectivity index (χ4n) is 3.15. The van der Waals surface area contributed by atoms with Crippen LogP contribution < -0.4 is 25.2 Å². The van der Waals surface area contributed by atoms with Crippen LogP contribution in [-0.4, -0.2) is 50.6 Å². The molecule has 0 saturated carbocycles. The van der Waals surface area contributed by atoms with Gasteiger partial charge in [0.1, 0.15) is 11.5 Å². The minimum atomic E-state index is -0.903. The van der Waals surface area contributed by atoms with Crippen molar-refractivity contribution in [1.29, 1.82) is 0 Å². The largest absolute Gasteiger partial charge is 0.507 e. The van der Waals surface area contributed by atoms with Gasteiger partial charge in [0.25, 0.3) is 0 Å². The Bertz CT molecular complexity index is 921. The number of benzene rings is 1. The number of ether oxygens (including phenoxy) is 3. The molecule has 158 valence electrons. The third-order valence-corrected chi connectivity index (χ3v) is 4.37. The maximum Gasteiger partial charge on any atom is 0.343 e. The summed E-state index contributed by atoms with van der Waals surface area (Å²) in [4.78, 5) is 24.9. The Labute approximate surface area is 167 Å². The first-order valence-electron chi connectivity index (χ1n) is 8.87. The Morgan fingerprint density at radius 3 is 2.41 bits per heavy atom. The van der Waals surface area contributed by atoms with E-state index in [9.17, 15) is 14.7 Å². The summed E-state index contributed by atoms with van der Waals surface area (Å²) in [5.41, 5.74) is -0.421. The number of aliphatic hydroxyl groups is 1. The van der Waals surface area contributed by atoms with Gasteiger partial charge in [-0.25, -0.2) is 4.79 Å². The van der Waals surface area contributed by atoms with E-state index in [4.69, 9.17) is 23.7 Å². The predicted octanol–water partition coefficient (Wildman–Crippen LogP) is 1.31. The smallest absolute Gasteiger partial charge is 0.343 e. The van der Waals surface area contributed by atoms with E-state index in [1.807, 2.05) is 0 Å². The quantitative estimate of drug-likeness (QED) is 0.568. The summed E-state index contributed by atoms with van der Waals surface area (Å²) >= 11 is 0. The molecule has 0 radical (unpaired) electrons. The van der Waals surface area contributed by atoms with Gasteiger partial charge in [-0.1, -0.05) is 6.07 Å². The second-order valence-corrected chi connectivity index (χ2v) is 6.20. The van der Waals surface area contributed by atoms with Gasteiger partial charge in [-0.05, 0) is 13.0 Å². The first-order valence-corrected chi connectivity index (χ1v) is 8.87. The molecule has 2 rings (SSSR count). The Hall–Kier alpha value is -3.20.